The van der Waals surface area contributed by atoms with Crippen molar-refractivity contribution in [3.8, 4) is 0 Å². The lowest BCUT2D eigenvalue weighted by Gasteiger charge is -2.21. The van der Waals surface area contributed by atoms with E-state index in [-0.39, 0.29) is 10.6 Å². The fourth-order valence-electron chi connectivity index (χ4n) is 2.22. The highest BCUT2D eigenvalue weighted by molar-refractivity contribution is 7.99. The molecule has 0 N–H and O–H groups in total. The second-order valence-electron chi connectivity index (χ2n) is 4.60. The summed E-state index contributed by atoms with van der Waals surface area (Å²) in [6.07, 6.45) is 6.48. The molecule has 0 unspecified atom stereocenters. The molecule has 0 radical (unpaired) electrons. The normalized spacial score (nSPS) is 16.7. The Morgan fingerprint density at radius 2 is 2.06 bits per heavy atom. The van der Waals surface area contributed by atoms with Crippen LogP contribution in [0.15, 0.2) is 18.2 Å². The minimum atomic E-state index is -0.370. The maximum absolute atomic E-state index is 10.7. The molecule has 1 fully saturated rings. The monoisotopic (exact) mass is 285 g/mol. The van der Waals surface area contributed by atoms with E-state index < -0.39 is 0 Å². The number of nitro benzene ring substituents is 1. The Kier molecular flexibility index (Phi) is 4.89. The van der Waals surface area contributed by atoms with Crippen LogP contribution in [0.1, 0.15) is 37.7 Å². The van der Waals surface area contributed by atoms with Crippen LogP contribution >= 0.6 is 23.4 Å². The van der Waals surface area contributed by atoms with Crippen LogP contribution in [0.25, 0.3) is 0 Å². The molecule has 1 aromatic carbocycles. The van der Waals surface area contributed by atoms with Crippen LogP contribution in [-0.2, 0) is 5.75 Å². The molecule has 0 amide bonds. The first-order chi connectivity index (χ1) is 8.66. The highest BCUT2D eigenvalue weighted by Gasteiger charge is 2.15. The minimum absolute atomic E-state index is 0.124. The number of nitro groups is 1. The summed E-state index contributed by atoms with van der Waals surface area (Å²) in [7, 11) is 0. The molecule has 98 valence electrons. The van der Waals surface area contributed by atoms with Crippen molar-refractivity contribution in [2.45, 2.75) is 43.1 Å². The predicted molar refractivity (Wildman–Crippen MR) is 76.3 cm³/mol. The van der Waals surface area contributed by atoms with Gasteiger partial charge in [-0.3, -0.25) is 10.1 Å². The second-order valence-corrected chi connectivity index (χ2v) is 6.30. The van der Waals surface area contributed by atoms with Crippen LogP contribution in [0.5, 0.6) is 0 Å². The van der Waals surface area contributed by atoms with Crippen molar-refractivity contribution in [1.82, 2.24) is 0 Å². The number of nitrogens with zero attached hydrogens (tertiary/aromatic N) is 1. The van der Waals surface area contributed by atoms with E-state index in [4.69, 9.17) is 11.6 Å². The molecule has 1 aromatic rings. The van der Waals surface area contributed by atoms with Crippen molar-refractivity contribution in [3.05, 3.63) is 38.9 Å². The minimum Gasteiger partial charge on any atom is -0.258 e. The van der Waals surface area contributed by atoms with Crippen LogP contribution in [0.4, 0.5) is 5.69 Å². The number of thioether (sulfide) groups is 1. The summed E-state index contributed by atoms with van der Waals surface area (Å²) in [4.78, 5) is 10.4. The third-order valence-corrected chi connectivity index (χ3v) is 5.06. The average Bonchev–Trinajstić information content (AvgIpc) is 2.38. The zero-order valence-corrected chi connectivity index (χ0v) is 11.7. The first-order valence-corrected chi connectivity index (χ1v) is 7.64. The van der Waals surface area contributed by atoms with Crippen molar-refractivity contribution in [3.63, 3.8) is 0 Å². The van der Waals surface area contributed by atoms with Crippen LogP contribution in [-0.4, -0.2) is 10.2 Å². The lowest BCUT2D eigenvalue weighted by molar-refractivity contribution is -0.384. The quantitative estimate of drug-likeness (QED) is 0.589. The largest absolute Gasteiger partial charge is 0.269 e. The summed E-state index contributed by atoms with van der Waals surface area (Å²) in [5.74, 6) is 0.769. The van der Waals surface area contributed by atoms with Gasteiger partial charge in [0.1, 0.15) is 0 Å². The van der Waals surface area contributed by atoms with Gasteiger partial charge in [0.05, 0.1) is 4.92 Å². The van der Waals surface area contributed by atoms with Crippen molar-refractivity contribution < 1.29 is 4.92 Å². The Balaban J connectivity index is 1.99. The Hall–Kier alpha value is -0.740. The number of benzene rings is 1. The summed E-state index contributed by atoms with van der Waals surface area (Å²) in [6, 6.07) is 4.67. The number of non-ortho nitro benzene ring substituents is 1. The van der Waals surface area contributed by atoms with Crippen LogP contribution in [0, 0.1) is 10.1 Å². The molecule has 2 rings (SSSR count). The van der Waals surface area contributed by atoms with E-state index in [1.54, 1.807) is 12.1 Å². The molecule has 0 spiro atoms. The fourth-order valence-corrected chi connectivity index (χ4v) is 3.81. The maximum Gasteiger partial charge on any atom is 0.269 e. The molecular formula is C13H16ClNO2S. The first-order valence-electron chi connectivity index (χ1n) is 6.21. The number of hydrogen-bond donors (Lipinski definition) is 0. The molecule has 0 aliphatic heterocycles. The molecule has 18 heavy (non-hydrogen) atoms. The van der Waals surface area contributed by atoms with Gasteiger partial charge in [-0.15, -0.1) is 0 Å². The summed E-state index contributed by atoms with van der Waals surface area (Å²) < 4.78 is 0. The molecular weight excluding hydrogens is 270 g/mol. The van der Waals surface area contributed by atoms with Gasteiger partial charge in [0, 0.05) is 28.2 Å². The molecule has 0 aromatic heterocycles. The van der Waals surface area contributed by atoms with Gasteiger partial charge in [0.2, 0.25) is 0 Å². The summed E-state index contributed by atoms with van der Waals surface area (Å²) >= 11 is 7.96. The predicted octanol–water partition coefficient (Wildman–Crippen LogP) is 4.81. The van der Waals surface area contributed by atoms with E-state index >= 15 is 0 Å². The van der Waals surface area contributed by atoms with Gasteiger partial charge in [-0.2, -0.15) is 11.8 Å². The topological polar surface area (TPSA) is 43.1 Å². The Morgan fingerprint density at radius 1 is 1.33 bits per heavy atom. The zero-order valence-electron chi connectivity index (χ0n) is 10.1. The summed E-state index contributed by atoms with van der Waals surface area (Å²) in [5, 5.41) is 12.0. The number of rotatable bonds is 4. The second kappa shape index (κ2) is 6.43. The van der Waals surface area contributed by atoms with Crippen LogP contribution in [0.3, 0.4) is 0 Å². The smallest absolute Gasteiger partial charge is 0.258 e. The third kappa shape index (κ3) is 3.62. The van der Waals surface area contributed by atoms with Gasteiger partial charge in [0.15, 0.2) is 0 Å². The van der Waals surface area contributed by atoms with Gasteiger partial charge in [-0.25, -0.2) is 0 Å². The molecule has 1 aliphatic rings. The third-order valence-electron chi connectivity index (χ3n) is 3.27. The molecule has 1 aliphatic carbocycles. The van der Waals surface area contributed by atoms with Gasteiger partial charge in [-0.1, -0.05) is 30.9 Å². The molecule has 0 bridgehead atoms. The maximum atomic E-state index is 10.7. The van der Waals surface area contributed by atoms with Gasteiger partial charge in [0.25, 0.3) is 5.69 Å². The fraction of sp³-hybridized carbons (Fsp3) is 0.538. The lowest BCUT2D eigenvalue weighted by atomic mass is 10.0. The van der Waals surface area contributed by atoms with Gasteiger partial charge >= 0.3 is 0 Å². The van der Waals surface area contributed by atoms with Crippen LogP contribution < -0.4 is 0 Å². The lowest BCUT2D eigenvalue weighted by Crippen LogP contribution is -2.08. The van der Waals surface area contributed by atoms with Crippen molar-refractivity contribution >= 4 is 29.1 Å². The Labute approximate surface area is 116 Å². The van der Waals surface area contributed by atoms with Crippen molar-refractivity contribution in [2.24, 2.45) is 0 Å². The molecule has 0 atom stereocenters. The van der Waals surface area contributed by atoms with E-state index in [9.17, 15) is 10.1 Å². The average molecular weight is 286 g/mol. The Morgan fingerprint density at radius 3 is 2.72 bits per heavy atom. The molecule has 3 nitrogen and oxygen atoms in total. The molecule has 5 heteroatoms. The Bertz CT molecular complexity index is 433. The molecule has 0 heterocycles. The standard InChI is InChI=1S/C13H16ClNO2S/c14-13-7-6-11(15(16)17)8-10(13)9-18-12-4-2-1-3-5-12/h6-8,12H,1-5,9H2. The molecule has 1 saturated carbocycles. The van der Waals surface area contributed by atoms with Gasteiger partial charge in [-0.05, 0) is 24.5 Å². The van der Waals surface area contributed by atoms with Gasteiger partial charge < -0.3 is 0 Å². The van der Waals surface area contributed by atoms with Crippen molar-refractivity contribution in [2.75, 3.05) is 0 Å². The highest BCUT2D eigenvalue weighted by Crippen LogP contribution is 2.33. The molecule has 0 saturated heterocycles. The number of halogens is 1. The zero-order chi connectivity index (χ0) is 13.0. The summed E-state index contributed by atoms with van der Waals surface area (Å²) in [6.45, 7) is 0. The first kappa shape index (κ1) is 13.7. The SMILES string of the molecule is O=[N+]([O-])c1ccc(Cl)c(CSC2CCCCC2)c1. The van der Waals surface area contributed by atoms with Crippen molar-refractivity contribution in [1.29, 1.82) is 0 Å². The van der Waals surface area contributed by atoms with Crippen LogP contribution in [0.2, 0.25) is 5.02 Å². The number of hydrogen-bond acceptors (Lipinski definition) is 3. The van der Waals surface area contributed by atoms with E-state index in [0.29, 0.717) is 10.3 Å². The van der Waals surface area contributed by atoms with E-state index in [1.165, 1.54) is 38.2 Å². The van der Waals surface area contributed by atoms with E-state index in [0.717, 1.165) is 11.3 Å². The van der Waals surface area contributed by atoms with E-state index in [1.807, 2.05) is 11.8 Å². The summed E-state index contributed by atoms with van der Waals surface area (Å²) in [5.41, 5.74) is 1.00. The van der Waals surface area contributed by atoms with E-state index in [2.05, 4.69) is 0 Å². The highest BCUT2D eigenvalue weighted by atomic mass is 35.5.